The van der Waals surface area contributed by atoms with Crippen molar-refractivity contribution in [3.05, 3.63) is 87.8 Å². The van der Waals surface area contributed by atoms with Gasteiger partial charge < -0.3 is 0 Å². The number of fused-ring (bicyclic) bond motifs is 1. The normalized spacial score (nSPS) is 16.0. The fraction of sp³-hybridized carbons (Fsp3) is 0.0476. The molecular weight excluding hydrogens is 366 g/mol. The molecule has 3 aromatic carbocycles. The van der Waals surface area contributed by atoms with Crippen molar-refractivity contribution >= 4 is 51.4 Å². The van der Waals surface area contributed by atoms with Gasteiger partial charge in [-0.15, -0.1) is 0 Å². The van der Waals surface area contributed by atoms with Gasteiger partial charge in [0.05, 0.1) is 11.4 Å². The number of carbonyl (C=O) groups excluding carboxylic acids is 2. The molecule has 1 fully saturated rings. The maximum Gasteiger partial charge on any atom is 0.293 e. The number of nitrogens with zero attached hydrogens (tertiary/aromatic N) is 1. The van der Waals surface area contributed by atoms with Gasteiger partial charge in [0, 0.05) is 5.02 Å². The minimum Gasteiger partial charge on any atom is -0.268 e. The van der Waals surface area contributed by atoms with E-state index in [9.17, 15) is 9.59 Å². The molecule has 0 aromatic heterocycles. The van der Waals surface area contributed by atoms with Crippen LogP contribution in [0.3, 0.4) is 0 Å². The lowest BCUT2D eigenvalue weighted by Crippen LogP contribution is -2.27. The summed E-state index contributed by atoms with van der Waals surface area (Å²) in [7, 11) is 0. The van der Waals surface area contributed by atoms with Gasteiger partial charge in [0.1, 0.15) is 0 Å². The second-order valence-corrected chi connectivity index (χ2v) is 7.39. The van der Waals surface area contributed by atoms with E-state index in [0.717, 1.165) is 33.7 Å². The fourth-order valence-corrected chi connectivity index (χ4v) is 4.02. The maximum absolute atomic E-state index is 12.7. The summed E-state index contributed by atoms with van der Waals surface area (Å²) in [6.07, 6.45) is 1.71. The number of hydrogen-bond donors (Lipinski definition) is 0. The summed E-state index contributed by atoms with van der Waals surface area (Å²) in [6, 6.07) is 21.1. The lowest BCUT2D eigenvalue weighted by molar-refractivity contribution is -0.123. The number of carbonyl (C=O) groups is 2. The molecule has 0 saturated carbocycles. The molecule has 0 spiro atoms. The van der Waals surface area contributed by atoms with E-state index in [1.807, 2.05) is 54.6 Å². The van der Waals surface area contributed by atoms with Crippen LogP contribution < -0.4 is 0 Å². The highest BCUT2D eigenvalue weighted by atomic mass is 35.5. The Balaban J connectivity index is 1.63. The number of amides is 2. The first-order chi connectivity index (χ1) is 12.6. The van der Waals surface area contributed by atoms with Gasteiger partial charge in [-0.05, 0) is 51.9 Å². The van der Waals surface area contributed by atoms with E-state index in [2.05, 4.69) is 0 Å². The zero-order chi connectivity index (χ0) is 18.1. The van der Waals surface area contributed by atoms with Gasteiger partial charge in [-0.25, -0.2) is 0 Å². The zero-order valence-electron chi connectivity index (χ0n) is 13.7. The second kappa shape index (κ2) is 6.98. The Morgan fingerprint density at radius 2 is 1.73 bits per heavy atom. The molecule has 1 saturated heterocycles. The molecule has 128 valence electrons. The first kappa shape index (κ1) is 16.9. The maximum atomic E-state index is 12.7. The van der Waals surface area contributed by atoms with Crippen molar-refractivity contribution in [2.75, 3.05) is 0 Å². The van der Waals surface area contributed by atoms with Gasteiger partial charge in [0.2, 0.25) is 0 Å². The summed E-state index contributed by atoms with van der Waals surface area (Å²) >= 11 is 6.95. The minimum atomic E-state index is -0.270. The van der Waals surface area contributed by atoms with Crippen LogP contribution in [0.15, 0.2) is 71.6 Å². The van der Waals surface area contributed by atoms with E-state index in [-0.39, 0.29) is 17.7 Å². The predicted octanol–water partition coefficient (Wildman–Crippen LogP) is 5.73. The summed E-state index contributed by atoms with van der Waals surface area (Å²) < 4.78 is 0. The minimum absolute atomic E-state index is 0.254. The summed E-state index contributed by atoms with van der Waals surface area (Å²) in [5.41, 5.74) is 1.75. The van der Waals surface area contributed by atoms with Crippen molar-refractivity contribution in [3.8, 4) is 0 Å². The van der Waals surface area contributed by atoms with Crippen molar-refractivity contribution in [2.24, 2.45) is 0 Å². The summed E-state index contributed by atoms with van der Waals surface area (Å²) in [5.74, 6) is -0.270. The molecule has 2 amide bonds. The van der Waals surface area contributed by atoms with E-state index in [1.54, 1.807) is 18.2 Å². The molecule has 1 aliphatic rings. The Bertz CT molecular complexity index is 1060. The highest BCUT2D eigenvalue weighted by Crippen LogP contribution is 2.34. The van der Waals surface area contributed by atoms with Crippen molar-refractivity contribution < 1.29 is 9.59 Å². The number of hydrogen-bond acceptors (Lipinski definition) is 3. The quantitative estimate of drug-likeness (QED) is 0.545. The summed E-state index contributed by atoms with van der Waals surface area (Å²) in [5, 5.41) is 2.48. The van der Waals surface area contributed by atoms with Crippen molar-refractivity contribution in [2.45, 2.75) is 6.54 Å². The first-order valence-corrected chi connectivity index (χ1v) is 9.29. The SMILES string of the molecule is O=C1S/C(=C/c2cccc(Cl)c2)C(=O)N1Cc1cccc2ccccc12. The molecule has 0 atom stereocenters. The predicted molar refractivity (Wildman–Crippen MR) is 107 cm³/mol. The first-order valence-electron chi connectivity index (χ1n) is 8.09. The third-order valence-corrected chi connectivity index (χ3v) is 5.37. The molecule has 5 heteroatoms. The molecule has 0 radical (unpaired) electrons. The Morgan fingerprint density at radius 3 is 2.58 bits per heavy atom. The number of benzene rings is 3. The van der Waals surface area contributed by atoms with E-state index < -0.39 is 0 Å². The van der Waals surface area contributed by atoms with E-state index in [1.165, 1.54) is 4.90 Å². The number of thioether (sulfide) groups is 1. The van der Waals surface area contributed by atoms with Gasteiger partial charge in [-0.1, -0.05) is 66.2 Å². The van der Waals surface area contributed by atoms with Gasteiger partial charge >= 0.3 is 0 Å². The molecule has 26 heavy (non-hydrogen) atoms. The Morgan fingerprint density at radius 1 is 0.962 bits per heavy atom. The highest BCUT2D eigenvalue weighted by Gasteiger charge is 2.35. The molecular formula is C21H14ClNO2S. The van der Waals surface area contributed by atoms with Crippen LogP contribution in [0, 0.1) is 0 Å². The Hall–Kier alpha value is -2.56. The fourth-order valence-electron chi connectivity index (χ4n) is 2.98. The van der Waals surface area contributed by atoms with Crippen LogP contribution in [0.4, 0.5) is 4.79 Å². The standard InChI is InChI=1S/C21H14ClNO2S/c22-17-9-3-5-14(11-17)12-19-20(24)23(21(25)26-19)13-16-8-4-7-15-6-1-2-10-18(15)16/h1-12H,13H2/b19-12+. The van der Waals surface area contributed by atoms with Crippen LogP contribution in [0.2, 0.25) is 5.02 Å². The highest BCUT2D eigenvalue weighted by molar-refractivity contribution is 8.18. The van der Waals surface area contributed by atoms with Crippen molar-refractivity contribution in [3.63, 3.8) is 0 Å². The van der Waals surface area contributed by atoms with Crippen LogP contribution >= 0.6 is 23.4 Å². The third-order valence-electron chi connectivity index (χ3n) is 4.23. The summed E-state index contributed by atoms with van der Waals surface area (Å²) in [6.45, 7) is 0.263. The second-order valence-electron chi connectivity index (χ2n) is 5.96. The van der Waals surface area contributed by atoms with Gasteiger partial charge in [0.15, 0.2) is 0 Å². The lowest BCUT2D eigenvalue weighted by atomic mass is 10.0. The number of imide groups is 1. The topological polar surface area (TPSA) is 37.4 Å². The Kier molecular flexibility index (Phi) is 4.53. The molecule has 0 N–H and O–H groups in total. The summed E-state index contributed by atoms with van der Waals surface area (Å²) in [4.78, 5) is 26.8. The Labute approximate surface area is 160 Å². The lowest BCUT2D eigenvalue weighted by Gasteiger charge is -2.14. The van der Waals surface area contributed by atoms with E-state index in [0.29, 0.717) is 9.93 Å². The number of rotatable bonds is 3. The van der Waals surface area contributed by atoms with Gasteiger partial charge in [-0.2, -0.15) is 0 Å². The smallest absolute Gasteiger partial charge is 0.268 e. The van der Waals surface area contributed by atoms with Crippen LogP contribution in [0.5, 0.6) is 0 Å². The van der Waals surface area contributed by atoms with Crippen molar-refractivity contribution in [1.82, 2.24) is 4.90 Å². The molecule has 3 nitrogen and oxygen atoms in total. The van der Waals surface area contributed by atoms with Crippen molar-refractivity contribution in [1.29, 1.82) is 0 Å². The largest absolute Gasteiger partial charge is 0.293 e. The van der Waals surface area contributed by atoms with Crippen LogP contribution in [0.1, 0.15) is 11.1 Å². The van der Waals surface area contributed by atoms with Crippen LogP contribution in [0.25, 0.3) is 16.8 Å². The zero-order valence-corrected chi connectivity index (χ0v) is 15.3. The van der Waals surface area contributed by atoms with Gasteiger partial charge in [-0.3, -0.25) is 14.5 Å². The van der Waals surface area contributed by atoms with Crippen LogP contribution in [-0.2, 0) is 11.3 Å². The van der Waals surface area contributed by atoms with E-state index >= 15 is 0 Å². The molecule has 1 aliphatic heterocycles. The molecule has 4 rings (SSSR count). The van der Waals surface area contributed by atoms with E-state index in [4.69, 9.17) is 11.6 Å². The van der Waals surface area contributed by atoms with Crippen LogP contribution in [-0.4, -0.2) is 16.0 Å². The molecule has 0 unspecified atom stereocenters. The monoisotopic (exact) mass is 379 g/mol. The molecule has 3 aromatic rings. The molecule has 0 aliphatic carbocycles. The van der Waals surface area contributed by atoms with Gasteiger partial charge in [0.25, 0.3) is 11.1 Å². The average molecular weight is 380 g/mol. The third kappa shape index (κ3) is 3.26. The molecule has 0 bridgehead atoms. The molecule has 1 heterocycles. The number of halogens is 1. The average Bonchev–Trinajstić information content (AvgIpc) is 2.89.